The Balaban J connectivity index is 1.17. The van der Waals surface area contributed by atoms with Gasteiger partial charge in [-0.2, -0.15) is 0 Å². The van der Waals surface area contributed by atoms with E-state index in [0.29, 0.717) is 49.2 Å². The molecule has 0 aliphatic heterocycles. The number of pyridine rings is 2. The SMILES string of the molecule is N=C(CCC(=O)OC(=O)c1c2ccccc2nc2ccccc12)OC(=O)c1c2ccccc2nc2ccccc12. The number of para-hydroxylation sites is 4. The summed E-state index contributed by atoms with van der Waals surface area (Å²) in [5.41, 5.74) is 2.99. The van der Waals surface area contributed by atoms with Crippen LogP contribution in [0.3, 0.4) is 0 Å². The first-order valence-electron chi connectivity index (χ1n) is 12.6. The number of aromatic nitrogens is 2. The van der Waals surface area contributed by atoms with Crippen LogP contribution in [0.1, 0.15) is 33.6 Å². The fourth-order valence-electron chi connectivity index (χ4n) is 4.75. The van der Waals surface area contributed by atoms with Crippen LogP contribution < -0.4 is 0 Å². The van der Waals surface area contributed by atoms with Crippen molar-refractivity contribution >= 4 is 67.4 Å². The number of hydrogen-bond acceptors (Lipinski definition) is 8. The van der Waals surface area contributed by atoms with Gasteiger partial charge in [0.2, 0.25) is 0 Å². The number of rotatable bonds is 5. The van der Waals surface area contributed by atoms with E-state index < -0.39 is 23.8 Å². The van der Waals surface area contributed by atoms with Crippen LogP contribution in [0.4, 0.5) is 0 Å². The molecule has 0 atom stereocenters. The third-order valence-electron chi connectivity index (χ3n) is 6.56. The molecule has 0 radical (unpaired) electrons. The summed E-state index contributed by atoms with van der Waals surface area (Å²) < 4.78 is 10.5. The zero-order valence-electron chi connectivity index (χ0n) is 21.1. The lowest BCUT2D eigenvalue weighted by Crippen LogP contribution is -2.17. The number of fused-ring (bicyclic) bond motifs is 4. The lowest BCUT2D eigenvalue weighted by molar-refractivity contribution is -0.137. The molecule has 6 rings (SSSR count). The van der Waals surface area contributed by atoms with Gasteiger partial charge in [-0.15, -0.1) is 0 Å². The van der Waals surface area contributed by atoms with Gasteiger partial charge in [0, 0.05) is 28.0 Å². The monoisotopic (exact) mass is 527 g/mol. The molecule has 2 aromatic heterocycles. The average Bonchev–Trinajstić information content (AvgIpc) is 2.97. The lowest BCUT2D eigenvalue weighted by Gasteiger charge is -2.11. The highest BCUT2D eigenvalue weighted by Crippen LogP contribution is 2.28. The van der Waals surface area contributed by atoms with E-state index in [1.807, 2.05) is 24.3 Å². The smallest absolute Gasteiger partial charge is 0.347 e. The number of nitrogens with zero attached hydrogens (tertiary/aromatic N) is 2. The van der Waals surface area contributed by atoms with Crippen molar-refractivity contribution in [3.8, 4) is 0 Å². The second kappa shape index (κ2) is 10.3. The maximum Gasteiger partial charge on any atom is 0.347 e. The van der Waals surface area contributed by atoms with Crippen LogP contribution in [-0.2, 0) is 14.3 Å². The molecular weight excluding hydrogens is 506 g/mol. The second-order valence-corrected chi connectivity index (χ2v) is 9.12. The summed E-state index contributed by atoms with van der Waals surface area (Å²) in [6.45, 7) is 0. The highest BCUT2D eigenvalue weighted by molar-refractivity contribution is 6.17. The minimum Gasteiger partial charge on any atom is -0.409 e. The molecule has 6 aromatic rings. The average molecular weight is 528 g/mol. The van der Waals surface area contributed by atoms with Crippen LogP contribution in [0, 0.1) is 5.41 Å². The standard InChI is InChI=1S/C32H21N3O5/c33-27(39-31(37)29-19-9-1-5-13-23(19)34-24-14-6-2-10-20(24)29)17-18-28(36)40-32(38)30-21-11-3-7-15-25(21)35-26-16-8-4-12-22(26)30/h1-16,33H,17-18H2. The Labute approximate surface area is 227 Å². The summed E-state index contributed by atoms with van der Waals surface area (Å²) in [6, 6.07) is 28.6. The summed E-state index contributed by atoms with van der Waals surface area (Å²) in [5, 5.41) is 10.5. The summed E-state index contributed by atoms with van der Waals surface area (Å²) in [6.07, 6.45) is -0.548. The molecule has 8 nitrogen and oxygen atoms in total. The first kappa shape index (κ1) is 24.8. The molecule has 2 heterocycles. The Bertz CT molecular complexity index is 1750. The topological polar surface area (TPSA) is 119 Å². The molecule has 0 amide bonds. The molecule has 0 aliphatic carbocycles. The summed E-state index contributed by atoms with van der Waals surface area (Å²) in [7, 11) is 0. The highest BCUT2D eigenvalue weighted by Gasteiger charge is 2.22. The van der Waals surface area contributed by atoms with Gasteiger partial charge in [0.1, 0.15) is 0 Å². The lowest BCUT2D eigenvalue weighted by atomic mass is 10.0. The fourth-order valence-corrected chi connectivity index (χ4v) is 4.75. The molecule has 4 aromatic carbocycles. The Morgan fingerprint density at radius 3 is 1.27 bits per heavy atom. The number of esters is 3. The van der Waals surface area contributed by atoms with Crippen LogP contribution in [0.25, 0.3) is 43.6 Å². The molecule has 40 heavy (non-hydrogen) atoms. The van der Waals surface area contributed by atoms with Crippen molar-refractivity contribution in [2.75, 3.05) is 0 Å². The van der Waals surface area contributed by atoms with Gasteiger partial charge < -0.3 is 9.47 Å². The van der Waals surface area contributed by atoms with Gasteiger partial charge in [0.15, 0.2) is 5.90 Å². The van der Waals surface area contributed by atoms with Gasteiger partial charge in [-0.05, 0) is 24.3 Å². The van der Waals surface area contributed by atoms with Gasteiger partial charge in [0.25, 0.3) is 0 Å². The van der Waals surface area contributed by atoms with E-state index in [0.717, 1.165) is 0 Å². The highest BCUT2D eigenvalue weighted by atomic mass is 16.6. The Morgan fingerprint density at radius 2 is 0.875 bits per heavy atom. The third-order valence-corrected chi connectivity index (χ3v) is 6.56. The molecule has 1 N–H and O–H groups in total. The molecule has 0 saturated carbocycles. The number of nitrogens with one attached hydrogen (secondary N) is 1. The van der Waals surface area contributed by atoms with Crippen LogP contribution >= 0.6 is 0 Å². The van der Waals surface area contributed by atoms with E-state index in [2.05, 4.69) is 9.97 Å². The predicted octanol–water partition coefficient (Wildman–Crippen LogP) is 6.39. The van der Waals surface area contributed by atoms with Crippen molar-refractivity contribution in [3.63, 3.8) is 0 Å². The first-order valence-corrected chi connectivity index (χ1v) is 12.6. The summed E-state index contributed by atoms with van der Waals surface area (Å²) in [4.78, 5) is 48.1. The molecule has 0 saturated heterocycles. The fraction of sp³-hybridized carbons (Fsp3) is 0.0625. The zero-order chi connectivity index (χ0) is 27.6. The molecule has 0 fully saturated rings. The molecule has 194 valence electrons. The van der Waals surface area contributed by atoms with Crippen LogP contribution in [-0.4, -0.2) is 33.8 Å². The van der Waals surface area contributed by atoms with Gasteiger partial charge in [-0.3, -0.25) is 10.2 Å². The van der Waals surface area contributed by atoms with Gasteiger partial charge >= 0.3 is 17.9 Å². The largest absolute Gasteiger partial charge is 0.409 e. The Morgan fingerprint density at radius 1 is 0.525 bits per heavy atom. The number of benzene rings is 4. The predicted molar refractivity (Wildman–Crippen MR) is 151 cm³/mol. The van der Waals surface area contributed by atoms with Crippen molar-refractivity contribution in [2.24, 2.45) is 0 Å². The van der Waals surface area contributed by atoms with Crippen molar-refractivity contribution < 1.29 is 23.9 Å². The van der Waals surface area contributed by atoms with E-state index >= 15 is 0 Å². The molecular formula is C32H21N3O5. The van der Waals surface area contributed by atoms with Crippen LogP contribution in [0.15, 0.2) is 97.1 Å². The van der Waals surface area contributed by atoms with E-state index in [1.54, 1.807) is 72.8 Å². The molecule has 0 aliphatic rings. The summed E-state index contributed by atoms with van der Waals surface area (Å²) in [5.74, 6) is -2.79. The quantitative estimate of drug-likeness (QED) is 0.0907. The van der Waals surface area contributed by atoms with Crippen molar-refractivity contribution in [1.82, 2.24) is 9.97 Å². The van der Waals surface area contributed by atoms with Crippen LogP contribution in [0.2, 0.25) is 0 Å². The van der Waals surface area contributed by atoms with E-state index in [9.17, 15) is 14.4 Å². The number of hydrogen-bond donors (Lipinski definition) is 1. The zero-order valence-corrected chi connectivity index (χ0v) is 21.1. The van der Waals surface area contributed by atoms with Crippen LogP contribution in [0.5, 0.6) is 0 Å². The van der Waals surface area contributed by atoms with Gasteiger partial charge in [-0.1, -0.05) is 72.8 Å². The van der Waals surface area contributed by atoms with Gasteiger partial charge in [-0.25, -0.2) is 19.6 Å². The van der Waals surface area contributed by atoms with E-state index in [-0.39, 0.29) is 18.4 Å². The molecule has 0 unspecified atom stereocenters. The summed E-state index contributed by atoms with van der Waals surface area (Å²) >= 11 is 0. The van der Waals surface area contributed by atoms with Crippen molar-refractivity contribution in [1.29, 1.82) is 5.41 Å². The first-order chi connectivity index (χ1) is 19.5. The van der Waals surface area contributed by atoms with E-state index in [1.165, 1.54) is 0 Å². The maximum atomic E-state index is 13.2. The Kier molecular flexibility index (Phi) is 6.41. The number of carbonyl (C=O) groups excluding carboxylic acids is 3. The number of carbonyl (C=O) groups is 3. The Hall–Kier alpha value is -5.50. The molecule has 8 heteroatoms. The maximum absolute atomic E-state index is 13.2. The normalized spacial score (nSPS) is 11.1. The minimum absolute atomic E-state index is 0.226. The minimum atomic E-state index is -0.837. The van der Waals surface area contributed by atoms with Crippen molar-refractivity contribution in [3.05, 3.63) is 108 Å². The number of ether oxygens (including phenoxy) is 2. The van der Waals surface area contributed by atoms with Crippen molar-refractivity contribution in [2.45, 2.75) is 12.8 Å². The molecule has 0 bridgehead atoms. The van der Waals surface area contributed by atoms with Gasteiger partial charge in [0.05, 0.1) is 39.6 Å². The van der Waals surface area contributed by atoms with E-state index in [4.69, 9.17) is 14.9 Å². The molecule has 0 spiro atoms. The second-order valence-electron chi connectivity index (χ2n) is 9.12. The third kappa shape index (κ3) is 4.63.